The van der Waals surface area contributed by atoms with E-state index in [4.69, 9.17) is 16.3 Å². The first-order chi connectivity index (χ1) is 8.65. The van der Waals surface area contributed by atoms with Gasteiger partial charge in [-0.3, -0.25) is 0 Å². The molecule has 0 atom stereocenters. The van der Waals surface area contributed by atoms with Crippen LogP contribution in [0.25, 0.3) is 0 Å². The lowest BCUT2D eigenvalue weighted by Crippen LogP contribution is -1.95. The SMILES string of the molecule is Fc1ccc(COCc2ccc(Cl)cc2)c(Br)c1. The summed E-state index contributed by atoms with van der Waals surface area (Å²) in [6.07, 6.45) is 0. The molecule has 0 saturated carbocycles. The van der Waals surface area contributed by atoms with Gasteiger partial charge in [0.2, 0.25) is 0 Å². The van der Waals surface area contributed by atoms with Crippen molar-refractivity contribution < 1.29 is 9.13 Å². The molecular formula is C14H11BrClFO. The highest BCUT2D eigenvalue weighted by atomic mass is 79.9. The van der Waals surface area contributed by atoms with Crippen LogP contribution in [0.1, 0.15) is 11.1 Å². The van der Waals surface area contributed by atoms with Crippen molar-refractivity contribution in [3.05, 3.63) is 68.9 Å². The Bertz CT molecular complexity index is 528. The third-order valence-electron chi connectivity index (χ3n) is 2.45. The Morgan fingerprint density at radius 3 is 2.44 bits per heavy atom. The topological polar surface area (TPSA) is 9.23 Å². The van der Waals surface area contributed by atoms with Crippen LogP contribution in [-0.2, 0) is 18.0 Å². The summed E-state index contributed by atoms with van der Waals surface area (Å²) in [4.78, 5) is 0. The van der Waals surface area contributed by atoms with E-state index in [9.17, 15) is 4.39 Å². The molecule has 2 aromatic rings. The van der Waals surface area contributed by atoms with Gasteiger partial charge in [-0.1, -0.05) is 45.7 Å². The first-order valence-corrected chi connectivity index (χ1v) is 6.58. The second kappa shape index (κ2) is 6.32. The molecule has 0 unspecified atom stereocenters. The van der Waals surface area contributed by atoms with E-state index in [2.05, 4.69) is 15.9 Å². The van der Waals surface area contributed by atoms with Crippen molar-refractivity contribution in [2.24, 2.45) is 0 Å². The summed E-state index contributed by atoms with van der Waals surface area (Å²) in [5.41, 5.74) is 1.97. The van der Waals surface area contributed by atoms with Gasteiger partial charge in [0.05, 0.1) is 13.2 Å². The maximum Gasteiger partial charge on any atom is 0.124 e. The normalized spacial score (nSPS) is 10.6. The molecule has 0 aliphatic carbocycles. The van der Waals surface area contributed by atoms with Crippen molar-refractivity contribution in [3.63, 3.8) is 0 Å². The number of ether oxygens (including phenoxy) is 1. The minimum atomic E-state index is -0.261. The van der Waals surface area contributed by atoms with E-state index in [1.54, 1.807) is 6.07 Å². The van der Waals surface area contributed by atoms with Gasteiger partial charge in [-0.25, -0.2) is 4.39 Å². The highest BCUT2D eigenvalue weighted by Gasteiger charge is 2.02. The number of halogens is 3. The van der Waals surface area contributed by atoms with Gasteiger partial charge in [-0.05, 0) is 35.4 Å². The molecule has 0 aliphatic rings. The second-order valence-corrected chi connectivity index (χ2v) is 5.15. The molecule has 0 spiro atoms. The summed E-state index contributed by atoms with van der Waals surface area (Å²) in [6.45, 7) is 0.935. The molecule has 0 radical (unpaired) electrons. The van der Waals surface area contributed by atoms with Gasteiger partial charge in [0.1, 0.15) is 5.82 Å². The molecule has 4 heteroatoms. The van der Waals surface area contributed by atoms with Crippen LogP contribution >= 0.6 is 27.5 Å². The van der Waals surface area contributed by atoms with Crippen molar-refractivity contribution in [2.75, 3.05) is 0 Å². The summed E-state index contributed by atoms with van der Waals surface area (Å²) >= 11 is 9.10. The van der Waals surface area contributed by atoms with Crippen molar-refractivity contribution in [1.82, 2.24) is 0 Å². The van der Waals surface area contributed by atoms with E-state index in [1.165, 1.54) is 12.1 Å². The lowest BCUT2D eigenvalue weighted by Gasteiger charge is -2.06. The first kappa shape index (κ1) is 13.5. The molecular weight excluding hydrogens is 319 g/mol. The van der Waals surface area contributed by atoms with E-state index in [-0.39, 0.29) is 5.82 Å². The lowest BCUT2D eigenvalue weighted by atomic mass is 10.2. The Hall–Kier alpha value is -0.900. The van der Waals surface area contributed by atoms with E-state index in [0.717, 1.165) is 15.6 Å². The zero-order valence-electron chi connectivity index (χ0n) is 9.50. The fraction of sp³-hybridized carbons (Fsp3) is 0.143. The molecule has 94 valence electrons. The zero-order valence-corrected chi connectivity index (χ0v) is 11.8. The van der Waals surface area contributed by atoms with Gasteiger partial charge in [-0.15, -0.1) is 0 Å². The van der Waals surface area contributed by atoms with Crippen LogP contribution in [0.3, 0.4) is 0 Å². The maximum absolute atomic E-state index is 12.9. The third kappa shape index (κ3) is 3.80. The Morgan fingerprint density at radius 2 is 1.78 bits per heavy atom. The molecule has 0 aromatic heterocycles. The second-order valence-electron chi connectivity index (χ2n) is 3.85. The lowest BCUT2D eigenvalue weighted by molar-refractivity contribution is 0.106. The van der Waals surface area contributed by atoms with Crippen LogP contribution in [0.15, 0.2) is 46.9 Å². The maximum atomic E-state index is 12.9. The fourth-order valence-electron chi connectivity index (χ4n) is 1.50. The number of rotatable bonds is 4. The Morgan fingerprint density at radius 1 is 1.06 bits per heavy atom. The average Bonchev–Trinajstić information content (AvgIpc) is 2.34. The first-order valence-electron chi connectivity index (χ1n) is 5.41. The molecule has 0 fully saturated rings. The van der Waals surface area contributed by atoms with Crippen LogP contribution in [0.4, 0.5) is 4.39 Å². The molecule has 0 N–H and O–H groups in total. The highest BCUT2D eigenvalue weighted by Crippen LogP contribution is 2.19. The Balaban J connectivity index is 1.90. The van der Waals surface area contributed by atoms with Gasteiger partial charge in [0.25, 0.3) is 0 Å². The van der Waals surface area contributed by atoms with Gasteiger partial charge >= 0.3 is 0 Å². The summed E-state index contributed by atoms with van der Waals surface area (Å²) < 4.78 is 19.2. The minimum absolute atomic E-state index is 0.261. The van der Waals surface area contributed by atoms with Crippen molar-refractivity contribution in [2.45, 2.75) is 13.2 Å². The Kier molecular flexibility index (Phi) is 4.75. The fourth-order valence-corrected chi connectivity index (χ4v) is 2.09. The monoisotopic (exact) mass is 328 g/mol. The summed E-state index contributed by atoms with van der Waals surface area (Å²) in [6, 6.07) is 12.1. The summed E-state index contributed by atoms with van der Waals surface area (Å²) in [5.74, 6) is -0.261. The molecule has 2 aromatic carbocycles. The summed E-state index contributed by atoms with van der Waals surface area (Å²) in [7, 11) is 0. The van der Waals surface area contributed by atoms with E-state index in [1.807, 2.05) is 24.3 Å². The minimum Gasteiger partial charge on any atom is -0.372 e. The summed E-state index contributed by atoms with van der Waals surface area (Å²) in [5, 5.41) is 0.708. The van der Waals surface area contributed by atoms with Crippen LogP contribution in [0.5, 0.6) is 0 Å². The van der Waals surface area contributed by atoms with E-state index in [0.29, 0.717) is 18.2 Å². The van der Waals surface area contributed by atoms with Crippen LogP contribution < -0.4 is 0 Å². The van der Waals surface area contributed by atoms with Crippen molar-refractivity contribution in [1.29, 1.82) is 0 Å². The predicted molar refractivity (Wildman–Crippen MR) is 74.0 cm³/mol. The van der Waals surface area contributed by atoms with E-state index < -0.39 is 0 Å². The average molecular weight is 330 g/mol. The number of benzene rings is 2. The zero-order chi connectivity index (χ0) is 13.0. The molecule has 0 aliphatic heterocycles. The van der Waals surface area contributed by atoms with Crippen molar-refractivity contribution >= 4 is 27.5 Å². The predicted octanol–water partition coefficient (Wildman–Crippen LogP) is 4.96. The van der Waals surface area contributed by atoms with Crippen molar-refractivity contribution in [3.8, 4) is 0 Å². The van der Waals surface area contributed by atoms with Gasteiger partial charge in [0, 0.05) is 9.50 Å². The van der Waals surface area contributed by atoms with Crippen LogP contribution in [-0.4, -0.2) is 0 Å². The standard InChI is InChI=1S/C14H11BrClFO/c15-14-7-13(17)6-3-11(14)9-18-8-10-1-4-12(16)5-2-10/h1-7H,8-9H2. The molecule has 1 nitrogen and oxygen atoms in total. The van der Waals surface area contributed by atoms with Gasteiger partial charge in [0.15, 0.2) is 0 Å². The molecule has 2 rings (SSSR count). The van der Waals surface area contributed by atoms with Crippen LogP contribution in [0, 0.1) is 5.82 Å². The molecule has 0 bridgehead atoms. The molecule has 0 heterocycles. The highest BCUT2D eigenvalue weighted by molar-refractivity contribution is 9.10. The van der Waals surface area contributed by atoms with Gasteiger partial charge < -0.3 is 4.74 Å². The van der Waals surface area contributed by atoms with Gasteiger partial charge in [-0.2, -0.15) is 0 Å². The number of hydrogen-bond acceptors (Lipinski definition) is 1. The largest absolute Gasteiger partial charge is 0.372 e. The third-order valence-corrected chi connectivity index (χ3v) is 3.44. The quantitative estimate of drug-likeness (QED) is 0.770. The Labute approximate surface area is 119 Å². The molecule has 18 heavy (non-hydrogen) atoms. The smallest absolute Gasteiger partial charge is 0.124 e. The molecule has 0 saturated heterocycles. The number of hydrogen-bond donors (Lipinski definition) is 0. The molecule has 0 amide bonds. The van der Waals surface area contributed by atoms with E-state index >= 15 is 0 Å². The van der Waals surface area contributed by atoms with Crippen LogP contribution in [0.2, 0.25) is 5.02 Å².